The standard InChI is InChI=1S/C17H23N3O.2C2HF3O2/c21-17-4-3-15-16(7-10-19(15)11-13-1-2-13)20(17)12-14-5-8-18-9-6-14;2*3-2(4,5)1(6)7/h5-6,8-9,13,15-16H,1-4,7,10-12H2;2*(H,6,7)/t15-,16-;;/m1../s1. The first-order valence-corrected chi connectivity index (χ1v) is 10.7. The third kappa shape index (κ3) is 9.00. The molecule has 35 heavy (non-hydrogen) atoms. The molecule has 1 aliphatic carbocycles. The summed E-state index contributed by atoms with van der Waals surface area (Å²) in [6, 6.07) is 5.07. The Kier molecular flexibility index (Phi) is 9.46. The molecular weight excluding hydrogens is 488 g/mol. The van der Waals surface area contributed by atoms with Gasteiger partial charge in [-0.15, -0.1) is 0 Å². The van der Waals surface area contributed by atoms with Crippen molar-refractivity contribution in [3.8, 4) is 0 Å². The summed E-state index contributed by atoms with van der Waals surface area (Å²) < 4.78 is 63.5. The number of likely N-dealkylation sites (tertiary alicyclic amines) is 2. The quantitative estimate of drug-likeness (QED) is 0.595. The fourth-order valence-electron chi connectivity index (χ4n) is 3.99. The van der Waals surface area contributed by atoms with Crippen molar-refractivity contribution in [3.63, 3.8) is 0 Å². The van der Waals surface area contributed by atoms with Crippen LogP contribution in [0.2, 0.25) is 0 Å². The van der Waals surface area contributed by atoms with Gasteiger partial charge in [-0.1, -0.05) is 0 Å². The van der Waals surface area contributed by atoms with E-state index in [0.717, 1.165) is 25.3 Å². The van der Waals surface area contributed by atoms with Crippen molar-refractivity contribution in [2.45, 2.75) is 63.1 Å². The van der Waals surface area contributed by atoms with Crippen molar-refractivity contribution in [2.24, 2.45) is 5.92 Å². The molecule has 1 amide bonds. The van der Waals surface area contributed by atoms with Crippen molar-refractivity contribution in [1.82, 2.24) is 14.8 Å². The molecule has 2 atom stereocenters. The molecule has 3 heterocycles. The number of carboxylic acid groups (broad SMARTS) is 2. The summed E-state index contributed by atoms with van der Waals surface area (Å²) in [6.07, 6.45) is -0.795. The van der Waals surface area contributed by atoms with Crippen molar-refractivity contribution in [3.05, 3.63) is 30.1 Å². The average molecular weight is 513 g/mol. The van der Waals surface area contributed by atoms with Gasteiger partial charge < -0.3 is 15.1 Å². The van der Waals surface area contributed by atoms with E-state index in [1.807, 2.05) is 24.5 Å². The van der Waals surface area contributed by atoms with Gasteiger partial charge in [-0.05, 0) is 49.3 Å². The molecule has 1 aromatic heterocycles. The van der Waals surface area contributed by atoms with Crippen LogP contribution in [-0.4, -0.2) is 80.4 Å². The van der Waals surface area contributed by atoms with E-state index in [9.17, 15) is 31.1 Å². The van der Waals surface area contributed by atoms with Gasteiger partial charge in [0.1, 0.15) is 0 Å². The lowest BCUT2D eigenvalue weighted by molar-refractivity contribution is -0.193. The van der Waals surface area contributed by atoms with Gasteiger partial charge in [0.15, 0.2) is 0 Å². The number of carboxylic acids is 2. The molecule has 2 saturated heterocycles. The van der Waals surface area contributed by atoms with Crippen LogP contribution in [0.4, 0.5) is 26.3 Å². The van der Waals surface area contributed by atoms with E-state index in [1.165, 1.54) is 31.5 Å². The zero-order chi connectivity index (χ0) is 26.4. The van der Waals surface area contributed by atoms with Gasteiger partial charge in [-0.25, -0.2) is 9.59 Å². The van der Waals surface area contributed by atoms with E-state index in [-0.39, 0.29) is 0 Å². The summed E-state index contributed by atoms with van der Waals surface area (Å²) >= 11 is 0. The van der Waals surface area contributed by atoms with E-state index in [2.05, 4.69) is 14.8 Å². The predicted octanol–water partition coefficient (Wildman–Crippen LogP) is 3.32. The SMILES string of the molecule is O=C(O)C(F)(F)F.O=C(O)C(F)(F)F.O=C1CC[C@@H]2[C@@H](CCN2CC2CC2)N1Cc1ccncc1. The Morgan fingerprint density at radius 2 is 1.43 bits per heavy atom. The highest BCUT2D eigenvalue weighted by atomic mass is 19.4. The largest absolute Gasteiger partial charge is 0.490 e. The summed E-state index contributed by atoms with van der Waals surface area (Å²) in [5, 5.41) is 14.2. The highest BCUT2D eigenvalue weighted by Crippen LogP contribution is 2.37. The first kappa shape index (κ1) is 28.3. The molecule has 0 bridgehead atoms. The molecule has 2 aliphatic heterocycles. The molecule has 0 radical (unpaired) electrons. The molecule has 2 N–H and O–H groups in total. The molecule has 1 aromatic rings. The second-order valence-corrected chi connectivity index (χ2v) is 8.38. The minimum Gasteiger partial charge on any atom is -0.475 e. The molecule has 1 saturated carbocycles. The van der Waals surface area contributed by atoms with Crippen molar-refractivity contribution >= 4 is 17.8 Å². The average Bonchev–Trinajstić information content (AvgIpc) is 3.48. The number of hydrogen-bond donors (Lipinski definition) is 2. The summed E-state index contributed by atoms with van der Waals surface area (Å²) in [4.78, 5) is 39.0. The normalized spacial score (nSPS) is 22.3. The van der Waals surface area contributed by atoms with E-state index in [4.69, 9.17) is 19.8 Å². The van der Waals surface area contributed by atoms with Gasteiger partial charge in [0, 0.05) is 50.5 Å². The minimum absolute atomic E-state index is 0.335. The number of halogens is 6. The molecule has 0 spiro atoms. The molecule has 8 nitrogen and oxygen atoms in total. The molecule has 0 aromatic carbocycles. The fraction of sp³-hybridized carbons (Fsp3) is 0.619. The lowest BCUT2D eigenvalue weighted by atomic mass is 9.95. The zero-order valence-corrected chi connectivity index (χ0v) is 18.4. The number of rotatable bonds is 4. The van der Waals surface area contributed by atoms with Crippen LogP contribution in [0.1, 0.15) is 37.7 Å². The molecule has 0 unspecified atom stereocenters. The number of carbonyl (C=O) groups excluding carboxylic acids is 1. The topological polar surface area (TPSA) is 111 Å². The Morgan fingerprint density at radius 1 is 0.914 bits per heavy atom. The number of fused-ring (bicyclic) bond motifs is 1. The smallest absolute Gasteiger partial charge is 0.475 e. The van der Waals surface area contributed by atoms with E-state index in [0.29, 0.717) is 24.4 Å². The van der Waals surface area contributed by atoms with Gasteiger partial charge in [-0.2, -0.15) is 26.3 Å². The highest BCUT2D eigenvalue weighted by molar-refractivity contribution is 5.77. The highest BCUT2D eigenvalue weighted by Gasteiger charge is 2.44. The summed E-state index contributed by atoms with van der Waals surface area (Å²) in [5.74, 6) is -4.24. The molecule has 4 rings (SSSR count). The maximum atomic E-state index is 12.4. The number of hydrogen-bond acceptors (Lipinski definition) is 5. The number of piperidine rings is 1. The van der Waals surface area contributed by atoms with Crippen molar-refractivity contribution in [2.75, 3.05) is 13.1 Å². The van der Waals surface area contributed by atoms with Crippen LogP contribution in [0.25, 0.3) is 0 Å². The second kappa shape index (κ2) is 11.7. The van der Waals surface area contributed by atoms with E-state index < -0.39 is 24.3 Å². The number of pyridine rings is 1. The van der Waals surface area contributed by atoms with Crippen LogP contribution in [0.3, 0.4) is 0 Å². The van der Waals surface area contributed by atoms with Crippen LogP contribution in [-0.2, 0) is 20.9 Å². The van der Waals surface area contributed by atoms with Crippen LogP contribution < -0.4 is 0 Å². The third-order valence-corrected chi connectivity index (χ3v) is 5.78. The van der Waals surface area contributed by atoms with Crippen LogP contribution in [0.15, 0.2) is 24.5 Å². The number of nitrogens with zero attached hydrogens (tertiary/aromatic N) is 3. The Morgan fingerprint density at radius 3 is 1.89 bits per heavy atom. The van der Waals surface area contributed by atoms with Crippen molar-refractivity contribution < 1.29 is 50.9 Å². The number of aliphatic carboxylic acids is 2. The fourth-order valence-corrected chi connectivity index (χ4v) is 3.99. The second-order valence-electron chi connectivity index (χ2n) is 8.38. The van der Waals surface area contributed by atoms with Gasteiger partial charge in [0.05, 0.1) is 0 Å². The molecule has 3 aliphatic rings. The maximum absolute atomic E-state index is 12.4. The van der Waals surface area contributed by atoms with Crippen molar-refractivity contribution in [1.29, 1.82) is 0 Å². The van der Waals surface area contributed by atoms with Gasteiger partial charge in [0.25, 0.3) is 0 Å². The Bertz CT molecular complexity index is 852. The molecule has 3 fully saturated rings. The Balaban J connectivity index is 0.000000257. The monoisotopic (exact) mass is 513 g/mol. The van der Waals surface area contributed by atoms with Crippen LogP contribution >= 0.6 is 0 Å². The minimum atomic E-state index is -5.08. The van der Waals surface area contributed by atoms with Gasteiger partial charge in [0.2, 0.25) is 5.91 Å². The number of amides is 1. The van der Waals surface area contributed by atoms with Gasteiger partial charge in [-0.3, -0.25) is 14.7 Å². The number of carbonyl (C=O) groups is 3. The Hall–Kier alpha value is -2.90. The van der Waals surface area contributed by atoms with E-state index in [1.54, 1.807) is 0 Å². The Labute approximate surface area is 196 Å². The lowest BCUT2D eigenvalue weighted by Crippen LogP contribution is -2.52. The van der Waals surface area contributed by atoms with E-state index >= 15 is 0 Å². The third-order valence-electron chi connectivity index (χ3n) is 5.78. The summed E-state index contributed by atoms with van der Waals surface area (Å²) in [6.45, 7) is 3.18. The summed E-state index contributed by atoms with van der Waals surface area (Å²) in [7, 11) is 0. The van der Waals surface area contributed by atoms with Crippen LogP contribution in [0.5, 0.6) is 0 Å². The molecule has 196 valence electrons. The first-order valence-electron chi connectivity index (χ1n) is 10.7. The lowest BCUT2D eigenvalue weighted by Gasteiger charge is -2.40. The molecule has 14 heteroatoms. The zero-order valence-electron chi connectivity index (χ0n) is 18.4. The number of aromatic nitrogens is 1. The molecular formula is C21H25F6N3O5. The number of alkyl halides is 6. The van der Waals surface area contributed by atoms with Crippen LogP contribution in [0, 0.1) is 5.92 Å². The van der Waals surface area contributed by atoms with Gasteiger partial charge >= 0.3 is 24.3 Å². The maximum Gasteiger partial charge on any atom is 0.490 e. The predicted molar refractivity (Wildman–Crippen MR) is 108 cm³/mol. The summed E-state index contributed by atoms with van der Waals surface area (Å²) in [5.41, 5.74) is 1.19. The first-order chi connectivity index (χ1) is 16.2.